The lowest BCUT2D eigenvalue weighted by Gasteiger charge is -2.24. The number of benzene rings is 2. The van der Waals surface area contributed by atoms with Crippen molar-refractivity contribution in [3.05, 3.63) is 71.8 Å². The molecule has 6 nitrogen and oxygen atoms in total. The van der Waals surface area contributed by atoms with Crippen molar-refractivity contribution in [1.82, 2.24) is 10.5 Å². The van der Waals surface area contributed by atoms with E-state index in [4.69, 9.17) is 4.84 Å². The predicted molar refractivity (Wildman–Crippen MR) is 89.1 cm³/mol. The Morgan fingerprint density at radius 2 is 1.67 bits per heavy atom. The van der Waals surface area contributed by atoms with E-state index in [9.17, 15) is 9.59 Å². The van der Waals surface area contributed by atoms with Crippen LogP contribution in [0.25, 0.3) is 0 Å². The van der Waals surface area contributed by atoms with Crippen molar-refractivity contribution in [1.29, 1.82) is 0 Å². The van der Waals surface area contributed by atoms with Crippen LogP contribution in [-0.4, -0.2) is 35.2 Å². The Labute approximate surface area is 139 Å². The minimum absolute atomic E-state index is 0.304. The van der Waals surface area contributed by atoms with Gasteiger partial charge in [-0.1, -0.05) is 48.5 Å². The third kappa shape index (κ3) is 2.79. The lowest BCUT2D eigenvalue weighted by molar-refractivity contribution is -0.135. The molecule has 3 rings (SSSR count). The molecule has 1 amide bonds. The maximum Gasteiger partial charge on any atom is 0.356 e. The fourth-order valence-electron chi connectivity index (χ4n) is 2.54. The molecule has 1 heterocycles. The summed E-state index contributed by atoms with van der Waals surface area (Å²) in [5.74, 6) is -0.867. The van der Waals surface area contributed by atoms with Gasteiger partial charge in [-0.15, -0.1) is 5.48 Å². The van der Waals surface area contributed by atoms with Gasteiger partial charge in [0.15, 0.2) is 5.54 Å². The smallest absolute Gasteiger partial charge is 0.356 e. The Morgan fingerprint density at radius 1 is 1.08 bits per heavy atom. The maximum atomic E-state index is 12.5. The van der Waals surface area contributed by atoms with Crippen molar-refractivity contribution < 1.29 is 14.4 Å². The fourth-order valence-corrected chi connectivity index (χ4v) is 2.54. The van der Waals surface area contributed by atoms with Gasteiger partial charge < -0.3 is 4.84 Å². The first kappa shape index (κ1) is 15.9. The van der Waals surface area contributed by atoms with Crippen LogP contribution in [0.1, 0.15) is 22.8 Å². The summed E-state index contributed by atoms with van der Waals surface area (Å²) in [6, 6.07) is 17.9. The topological polar surface area (TPSA) is 71.0 Å². The maximum absolute atomic E-state index is 12.5. The summed E-state index contributed by atoms with van der Waals surface area (Å²) in [4.78, 5) is 29.8. The lowest BCUT2D eigenvalue weighted by atomic mass is 9.91. The molecule has 24 heavy (non-hydrogen) atoms. The normalized spacial score (nSPS) is 20.0. The summed E-state index contributed by atoms with van der Waals surface area (Å²) in [5, 5.41) is 5.53. The summed E-state index contributed by atoms with van der Waals surface area (Å²) < 4.78 is 0. The quantitative estimate of drug-likeness (QED) is 0.874. The molecule has 0 fully saturated rings. The monoisotopic (exact) mass is 323 g/mol. The molecule has 0 spiro atoms. The van der Waals surface area contributed by atoms with E-state index in [1.54, 1.807) is 44.3 Å². The average Bonchev–Trinajstić information content (AvgIpc) is 2.86. The molecule has 0 radical (unpaired) electrons. The summed E-state index contributed by atoms with van der Waals surface area (Å²) in [7, 11) is 1.57. The number of amides is 1. The Kier molecular flexibility index (Phi) is 4.14. The molecule has 6 heteroatoms. The van der Waals surface area contributed by atoms with E-state index in [1.807, 2.05) is 30.3 Å². The highest BCUT2D eigenvalue weighted by atomic mass is 16.7. The molecule has 1 N–H and O–H groups in total. The SMILES string of the molecule is CN1N=C(c2ccccc2)C(C)(NOC(=O)c2ccccc2)C1=O. The highest BCUT2D eigenvalue weighted by Crippen LogP contribution is 2.24. The summed E-state index contributed by atoms with van der Waals surface area (Å²) >= 11 is 0. The highest BCUT2D eigenvalue weighted by molar-refractivity contribution is 6.23. The lowest BCUT2D eigenvalue weighted by Crippen LogP contribution is -2.55. The Morgan fingerprint density at radius 3 is 2.29 bits per heavy atom. The van der Waals surface area contributed by atoms with Gasteiger partial charge in [0.05, 0.1) is 5.56 Å². The van der Waals surface area contributed by atoms with Crippen molar-refractivity contribution >= 4 is 17.6 Å². The van der Waals surface area contributed by atoms with Crippen LogP contribution in [-0.2, 0) is 9.63 Å². The van der Waals surface area contributed by atoms with Crippen LogP contribution < -0.4 is 5.48 Å². The third-order valence-electron chi connectivity index (χ3n) is 3.85. The van der Waals surface area contributed by atoms with E-state index in [0.717, 1.165) is 5.56 Å². The van der Waals surface area contributed by atoms with Gasteiger partial charge in [0, 0.05) is 12.6 Å². The Balaban J connectivity index is 1.83. The molecular formula is C18H17N3O3. The minimum Gasteiger partial charge on any atom is -0.365 e. The largest absolute Gasteiger partial charge is 0.365 e. The zero-order chi connectivity index (χ0) is 17.2. The van der Waals surface area contributed by atoms with E-state index in [1.165, 1.54) is 5.01 Å². The van der Waals surface area contributed by atoms with Crippen molar-refractivity contribution in [2.24, 2.45) is 5.10 Å². The molecule has 1 unspecified atom stereocenters. The number of hydrazone groups is 1. The molecule has 2 aromatic rings. The number of rotatable bonds is 4. The summed E-state index contributed by atoms with van der Waals surface area (Å²) in [6.45, 7) is 1.64. The van der Waals surface area contributed by atoms with Gasteiger partial charge in [-0.3, -0.25) is 4.79 Å². The molecule has 1 aliphatic rings. The molecule has 0 aliphatic carbocycles. The zero-order valence-electron chi connectivity index (χ0n) is 13.4. The number of hydrogen-bond donors (Lipinski definition) is 1. The first-order valence-electron chi connectivity index (χ1n) is 7.48. The molecule has 1 aliphatic heterocycles. The van der Waals surface area contributed by atoms with Gasteiger partial charge in [-0.25, -0.2) is 9.80 Å². The highest BCUT2D eigenvalue weighted by Gasteiger charge is 2.48. The Hall–Kier alpha value is -2.99. The van der Waals surface area contributed by atoms with Crippen molar-refractivity contribution in [3.63, 3.8) is 0 Å². The average molecular weight is 323 g/mol. The molecule has 0 saturated carbocycles. The Bertz CT molecular complexity index is 790. The minimum atomic E-state index is -1.25. The van der Waals surface area contributed by atoms with Gasteiger partial charge >= 0.3 is 5.97 Å². The number of likely N-dealkylation sites (N-methyl/N-ethyl adjacent to an activating group) is 1. The number of hydroxylamine groups is 1. The molecule has 1 atom stereocenters. The predicted octanol–water partition coefficient (Wildman–Crippen LogP) is 1.98. The van der Waals surface area contributed by atoms with Crippen LogP contribution in [0.2, 0.25) is 0 Å². The van der Waals surface area contributed by atoms with Gasteiger partial charge in [0.1, 0.15) is 5.71 Å². The van der Waals surface area contributed by atoms with E-state index in [0.29, 0.717) is 11.3 Å². The molecular weight excluding hydrogens is 306 g/mol. The first-order valence-corrected chi connectivity index (χ1v) is 7.48. The second kappa shape index (κ2) is 6.25. The van der Waals surface area contributed by atoms with Gasteiger partial charge in [-0.05, 0) is 19.1 Å². The molecule has 2 aromatic carbocycles. The first-order chi connectivity index (χ1) is 11.5. The van der Waals surface area contributed by atoms with E-state index < -0.39 is 11.5 Å². The van der Waals surface area contributed by atoms with Crippen LogP contribution >= 0.6 is 0 Å². The van der Waals surface area contributed by atoms with Crippen LogP contribution in [0.4, 0.5) is 0 Å². The second-order valence-electron chi connectivity index (χ2n) is 5.63. The van der Waals surface area contributed by atoms with Crippen LogP contribution in [0.5, 0.6) is 0 Å². The van der Waals surface area contributed by atoms with Crippen molar-refractivity contribution in [2.45, 2.75) is 12.5 Å². The van der Waals surface area contributed by atoms with Crippen LogP contribution in [0.15, 0.2) is 65.8 Å². The summed E-state index contributed by atoms with van der Waals surface area (Å²) in [6.07, 6.45) is 0. The van der Waals surface area contributed by atoms with Gasteiger partial charge in [-0.2, -0.15) is 5.10 Å². The molecule has 122 valence electrons. The third-order valence-corrected chi connectivity index (χ3v) is 3.85. The zero-order valence-corrected chi connectivity index (χ0v) is 13.4. The fraction of sp³-hybridized carbons (Fsp3) is 0.167. The van der Waals surface area contributed by atoms with Crippen molar-refractivity contribution in [2.75, 3.05) is 7.05 Å². The second-order valence-corrected chi connectivity index (χ2v) is 5.63. The van der Waals surface area contributed by atoms with Crippen molar-refractivity contribution in [3.8, 4) is 0 Å². The van der Waals surface area contributed by atoms with E-state index in [2.05, 4.69) is 10.6 Å². The molecule has 0 aromatic heterocycles. The number of hydrogen-bond acceptors (Lipinski definition) is 5. The van der Waals surface area contributed by atoms with Crippen LogP contribution in [0, 0.1) is 0 Å². The van der Waals surface area contributed by atoms with E-state index >= 15 is 0 Å². The van der Waals surface area contributed by atoms with Gasteiger partial charge in [0.2, 0.25) is 0 Å². The molecule has 0 saturated heterocycles. The number of nitrogens with one attached hydrogen (secondary N) is 1. The molecule has 0 bridgehead atoms. The van der Waals surface area contributed by atoms with Crippen LogP contribution in [0.3, 0.4) is 0 Å². The van der Waals surface area contributed by atoms with Gasteiger partial charge in [0.25, 0.3) is 5.91 Å². The number of carbonyl (C=O) groups excluding carboxylic acids is 2. The van der Waals surface area contributed by atoms with E-state index in [-0.39, 0.29) is 5.91 Å². The summed E-state index contributed by atoms with van der Waals surface area (Å²) in [5.41, 5.74) is 3.03. The number of carbonyl (C=O) groups is 2. The standard InChI is InChI=1S/C18H17N3O3/c1-18(20-24-16(22)14-11-7-4-8-12-14)15(19-21(2)17(18)23)13-9-5-3-6-10-13/h3-12,20H,1-2H3. The number of nitrogens with zero attached hydrogens (tertiary/aromatic N) is 2.